The summed E-state index contributed by atoms with van der Waals surface area (Å²) in [6.07, 6.45) is 1.45. The van der Waals surface area contributed by atoms with Gasteiger partial charge >= 0.3 is 5.97 Å². The third kappa shape index (κ3) is 1.86. The van der Waals surface area contributed by atoms with Crippen LogP contribution in [0, 0.1) is 0 Å². The number of thioether (sulfide) groups is 1. The number of fused-ring (bicyclic) bond motifs is 1. The molecule has 6 nitrogen and oxygen atoms in total. The Hall–Kier alpha value is -1.60. The van der Waals surface area contributed by atoms with Gasteiger partial charge in [0.2, 0.25) is 5.91 Å². The van der Waals surface area contributed by atoms with Crippen LogP contribution in [-0.4, -0.2) is 32.3 Å². The second kappa shape index (κ2) is 4.11. The highest BCUT2D eigenvalue weighted by atomic mass is 32.2. The minimum atomic E-state index is -1.19. The molecule has 1 unspecified atom stereocenters. The Morgan fingerprint density at radius 1 is 1.62 bits per heavy atom. The molecule has 1 aliphatic rings. The van der Waals surface area contributed by atoms with Gasteiger partial charge in [-0.25, -0.2) is 4.98 Å². The number of hydrogen-bond donors (Lipinski definition) is 3. The highest BCUT2D eigenvalue weighted by Gasteiger charge is 2.33. The summed E-state index contributed by atoms with van der Waals surface area (Å²) >= 11 is 0.888. The normalized spacial score (nSPS) is 18.8. The van der Waals surface area contributed by atoms with E-state index in [-0.39, 0.29) is 6.61 Å². The first-order chi connectivity index (χ1) is 7.61. The monoisotopic (exact) mass is 240 g/mol. The number of aliphatic carboxylic acids is 1. The van der Waals surface area contributed by atoms with E-state index in [1.54, 1.807) is 6.07 Å². The van der Waals surface area contributed by atoms with Crippen LogP contribution in [0.5, 0.6) is 0 Å². The van der Waals surface area contributed by atoms with E-state index >= 15 is 0 Å². The van der Waals surface area contributed by atoms with Crippen LogP contribution in [-0.2, 0) is 16.2 Å². The summed E-state index contributed by atoms with van der Waals surface area (Å²) in [6.45, 7) is -0.177. The average molecular weight is 240 g/mol. The second-order valence-corrected chi connectivity index (χ2v) is 4.27. The molecular formula is C9H8N2O4S. The minimum absolute atomic E-state index is 0.177. The summed E-state index contributed by atoms with van der Waals surface area (Å²) in [5.41, 5.74) is 1.01. The largest absolute Gasteiger partial charge is 0.480 e. The number of carbonyl (C=O) groups is 2. The van der Waals surface area contributed by atoms with Crippen LogP contribution in [0.2, 0.25) is 0 Å². The van der Waals surface area contributed by atoms with Crippen molar-refractivity contribution in [3.63, 3.8) is 0 Å². The van der Waals surface area contributed by atoms with Crippen LogP contribution >= 0.6 is 11.8 Å². The van der Waals surface area contributed by atoms with Crippen LogP contribution in [0.25, 0.3) is 0 Å². The molecule has 0 bridgehead atoms. The molecule has 1 amide bonds. The lowest BCUT2D eigenvalue weighted by molar-refractivity contribution is -0.138. The molecule has 0 fully saturated rings. The highest BCUT2D eigenvalue weighted by molar-refractivity contribution is 8.01. The Morgan fingerprint density at radius 2 is 2.38 bits per heavy atom. The van der Waals surface area contributed by atoms with Gasteiger partial charge in [-0.2, -0.15) is 0 Å². The maximum atomic E-state index is 11.4. The highest BCUT2D eigenvalue weighted by Crippen LogP contribution is 2.34. The van der Waals surface area contributed by atoms with Crippen molar-refractivity contribution in [2.24, 2.45) is 0 Å². The van der Waals surface area contributed by atoms with Crippen molar-refractivity contribution >= 4 is 29.3 Å². The zero-order valence-electron chi connectivity index (χ0n) is 8.01. The summed E-state index contributed by atoms with van der Waals surface area (Å²) in [4.78, 5) is 26.1. The fourth-order valence-corrected chi connectivity index (χ4v) is 2.13. The molecule has 1 aliphatic heterocycles. The first-order valence-corrected chi connectivity index (χ1v) is 5.30. The van der Waals surface area contributed by atoms with Crippen molar-refractivity contribution in [2.45, 2.75) is 16.9 Å². The molecule has 0 saturated carbocycles. The minimum Gasteiger partial charge on any atom is -0.480 e. The van der Waals surface area contributed by atoms with Crippen molar-refractivity contribution in [3.8, 4) is 0 Å². The molecule has 0 radical (unpaired) electrons. The molecule has 7 heteroatoms. The van der Waals surface area contributed by atoms with Crippen molar-refractivity contribution in [1.29, 1.82) is 0 Å². The standard InChI is InChI=1S/C9H8N2O4S/c12-3-4-1-5-8(10-2-4)16-6(9(14)15)7(13)11-5/h1-2,6,12H,3H2,(H,11,13)(H,14,15). The number of nitrogens with zero attached hydrogens (tertiary/aromatic N) is 1. The molecule has 2 rings (SSSR count). The molecule has 0 aliphatic carbocycles. The number of carboxylic acid groups (broad SMARTS) is 1. The number of rotatable bonds is 2. The van der Waals surface area contributed by atoms with Gasteiger partial charge in [-0.05, 0) is 11.6 Å². The van der Waals surface area contributed by atoms with Crippen LogP contribution in [0.4, 0.5) is 5.69 Å². The van der Waals surface area contributed by atoms with Gasteiger partial charge in [0, 0.05) is 6.20 Å². The number of nitrogens with one attached hydrogen (secondary N) is 1. The molecule has 84 valence electrons. The number of aromatic nitrogens is 1. The first kappa shape index (κ1) is 10.9. The molecule has 0 spiro atoms. The summed E-state index contributed by atoms with van der Waals surface area (Å²) < 4.78 is 0. The van der Waals surface area contributed by atoms with E-state index in [1.165, 1.54) is 6.20 Å². The number of amides is 1. The van der Waals surface area contributed by atoms with Gasteiger partial charge < -0.3 is 15.5 Å². The van der Waals surface area contributed by atoms with Crippen LogP contribution in [0.15, 0.2) is 17.3 Å². The molecule has 1 aromatic heterocycles. The molecule has 0 saturated heterocycles. The van der Waals surface area contributed by atoms with Crippen LogP contribution in [0.1, 0.15) is 5.56 Å². The van der Waals surface area contributed by atoms with Gasteiger partial charge in [0.15, 0.2) is 5.25 Å². The number of anilines is 1. The maximum Gasteiger partial charge on any atom is 0.326 e. The van der Waals surface area contributed by atoms with Crippen molar-refractivity contribution in [3.05, 3.63) is 17.8 Å². The third-order valence-electron chi connectivity index (χ3n) is 2.04. The van der Waals surface area contributed by atoms with E-state index in [1.807, 2.05) is 0 Å². The lowest BCUT2D eigenvalue weighted by Crippen LogP contribution is -2.35. The van der Waals surface area contributed by atoms with Crippen LogP contribution < -0.4 is 5.32 Å². The van der Waals surface area contributed by atoms with E-state index in [0.717, 1.165) is 11.8 Å². The zero-order chi connectivity index (χ0) is 11.7. The number of carbonyl (C=O) groups excluding carboxylic acids is 1. The number of aliphatic hydroxyl groups is 1. The molecule has 0 aromatic carbocycles. The van der Waals surface area contributed by atoms with E-state index in [0.29, 0.717) is 16.3 Å². The van der Waals surface area contributed by atoms with Gasteiger partial charge in [0.05, 0.1) is 12.3 Å². The summed E-state index contributed by atoms with van der Waals surface area (Å²) in [7, 11) is 0. The SMILES string of the molecule is O=C(O)C1Sc2ncc(CO)cc2NC1=O. The molecule has 16 heavy (non-hydrogen) atoms. The average Bonchev–Trinajstić information content (AvgIpc) is 2.27. The summed E-state index contributed by atoms with van der Waals surface area (Å²) in [5.74, 6) is -1.77. The summed E-state index contributed by atoms with van der Waals surface area (Å²) in [5, 5.41) is 19.4. The smallest absolute Gasteiger partial charge is 0.326 e. The lowest BCUT2D eigenvalue weighted by Gasteiger charge is -2.20. The molecule has 1 atom stereocenters. The Bertz CT molecular complexity index is 463. The number of pyridine rings is 1. The first-order valence-electron chi connectivity index (χ1n) is 4.42. The van der Waals surface area contributed by atoms with E-state index in [4.69, 9.17) is 10.2 Å². The Balaban J connectivity index is 2.35. The fourth-order valence-electron chi connectivity index (χ4n) is 1.29. The lowest BCUT2D eigenvalue weighted by atomic mass is 10.2. The van der Waals surface area contributed by atoms with Crippen molar-refractivity contribution < 1.29 is 19.8 Å². The molecular weight excluding hydrogens is 232 g/mol. The van der Waals surface area contributed by atoms with Gasteiger partial charge in [0.25, 0.3) is 0 Å². The summed E-state index contributed by atoms with van der Waals surface area (Å²) in [6, 6.07) is 1.57. The van der Waals surface area contributed by atoms with E-state index in [9.17, 15) is 9.59 Å². The van der Waals surface area contributed by atoms with Crippen LogP contribution in [0.3, 0.4) is 0 Å². The Kier molecular flexibility index (Phi) is 2.80. The molecule has 3 N–H and O–H groups in total. The van der Waals surface area contributed by atoms with E-state index < -0.39 is 17.1 Å². The van der Waals surface area contributed by atoms with Gasteiger partial charge in [-0.1, -0.05) is 11.8 Å². The molecule has 1 aromatic rings. The van der Waals surface area contributed by atoms with Crippen molar-refractivity contribution in [1.82, 2.24) is 4.98 Å². The number of hydrogen-bond acceptors (Lipinski definition) is 5. The van der Waals surface area contributed by atoms with E-state index in [2.05, 4.69) is 10.3 Å². The number of carboxylic acids is 1. The van der Waals surface area contributed by atoms with Gasteiger partial charge in [-0.3, -0.25) is 9.59 Å². The second-order valence-electron chi connectivity index (χ2n) is 3.18. The predicted molar refractivity (Wildman–Crippen MR) is 56.1 cm³/mol. The van der Waals surface area contributed by atoms with Gasteiger partial charge in [0.1, 0.15) is 5.03 Å². The third-order valence-corrected chi connectivity index (χ3v) is 3.24. The van der Waals surface area contributed by atoms with Gasteiger partial charge in [-0.15, -0.1) is 0 Å². The molecule has 2 heterocycles. The van der Waals surface area contributed by atoms with Crippen molar-refractivity contribution in [2.75, 3.05) is 5.32 Å². The fraction of sp³-hybridized carbons (Fsp3) is 0.222. The maximum absolute atomic E-state index is 11.4. The predicted octanol–water partition coefficient (Wildman–Crippen LogP) is 0.0713. The quantitative estimate of drug-likeness (QED) is 0.633. The zero-order valence-corrected chi connectivity index (χ0v) is 8.82. The topological polar surface area (TPSA) is 99.5 Å². The number of aliphatic hydroxyl groups excluding tert-OH is 1. The Labute approximate surface area is 94.7 Å². The Morgan fingerprint density at radius 3 is 3.00 bits per heavy atom.